The lowest BCUT2D eigenvalue weighted by Crippen LogP contribution is -2.46. The van der Waals surface area contributed by atoms with Crippen LogP contribution in [0.25, 0.3) is 0 Å². The van der Waals surface area contributed by atoms with Gasteiger partial charge in [-0.1, -0.05) is 38.5 Å². The number of guanidine groups is 1. The summed E-state index contributed by atoms with van der Waals surface area (Å²) in [6.07, 6.45) is 13.9. The predicted molar refractivity (Wildman–Crippen MR) is 104 cm³/mol. The molecule has 2 N–H and O–H groups in total. The topological polar surface area (TPSA) is 70.6 Å². The minimum atomic E-state index is -2.81. The van der Waals surface area contributed by atoms with Crippen molar-refractivity contribution in [3.05, 3.63) is 0 Å². The van der Waals surface area contributed by atoms with Crippen LogP contribution in [0.1, 0.15) is 70.6 Å². The van der Waals surface area contributed by atoms with Crippen LogP contribution in [0.2, 0.25) is 0 Å². The maximum absolute atomic E-state index is 11.7. The Morgan fingerprint density at radius 1 is 0.880 bits per heavy atom. The van der Waals surface area contributed by atoms with Gasteiger partial charge in [0.1, 0.15) is 0 Å². The summed E-state index contributed by atoms with van der Waals surface area (Å²) in [5.41, 5.74) is 0. The first-order valence-electron chi connectivity index (χ1n) is 10.4. The Hall–Kier alpha value is -0.780. The zero-order chi connectivity index (χ0) is 17.5. The van der Waals surface area contributed by atoms with Crippen molar-refractivity contribution in [1.29, 1.82) is 0 Å². The first-order chi connectivity index (χ1) is 12.1. The first kappa shape index (κ1) is 19.0. The lowest BCUT2D eigenvalue weighted by Gasteiger charge is -2.27. The van der Waals surface area contributed by atoms with Gasteiger partial charge in [0.05, 0.1) is 11.5 Å². The Bertz CT molecular complexity index is 535. The molecule has 1 unspecified atom stereocenters. The lowest BCUT2D eigenvalue weighted by atomic mass is 9.89. The minimum Gasteiger partial charge on any atom is -0.356 e. The molecule has 0 amide bonds. The number of nitrogens with zero attached hydrogens (tertiary/aromatic N) is 1. The summed E-state index contributed by atoms with van der Waals surface area (Å²) >= 11 is 0. The Balaban J connectivity index is 1.53. The molecule has 0 aromatic carbocycles. The highest BCUT2D eigenvalue weighted by atomic mass is 32.2. The average Bonchev–Trinajstić information content (AvgIpc) is 2.98. The molecule has 0 radical (unpaired) electrons. The number of hydrogen-bond acceptors (Lipinski definition) is 3. The molecule has 0 aromatic heterocycles. The van der Waals surface area contributed by atoms with Crippen molar-refractivity contribution in [3.63, 3.8) is 0 Å². The SMILES string of the molecule is O=S1(=O)CCC(CN=C(NCC2CCCCC2)NC2CCCCC2)C1. The molecule has 1 saturated heterocycles. The molecule has 5 nitrogen and oxygen atoms in total. The maximum atomic E-state index is 11.7. The number of aliphatic imine (C=N–C) groups is 1. The molecule has 3 fully saturated rings. The van der Waals surface area contributed by atoms with Crippen LogP contribution in [0, 0.1) is 11.8 Å². The predicted octanol–water partition coefficient (Wildman–Crippen LogP) is 2.87. The number of nitrogens with one attached hydrogen (secondary N) is 2. The van der Waals surface area contributed by atoms with Gasteiger partial charge < -0.3 is 10.6 Å². The van der Waals surface area contributed by atoms with Gasteiger partial charge in [-0.15, -0.1) is 0 Å². The van der Waals surface area contributed by atoms with Crippen molar-refractivity contribution in [2.75, 3.05) is 24.6 Å². The molecule has 2 saturated carbocycles. The normalized spacial score (nSPS) is 28.8. The standard InChI is InChI=1S/C19H35N3O2S/c23-25(24)12-11-17(15-25)14-21-19(22-18-9-5-2-6-10-18)20-13-16-7-3-1-4-8-16/h16-18H,1-15H2,(H2,20,21,22). The molecule has 0 bridgehead atoms. The molecule has 2 aliphatic carbocycles. The van der Waals surface area contributed by atoms with Gasteiger partial charge in [0.2, 0.25) is 0 Å². The van der Waals surface area contributed by atoms with Crippen LogP contribution in [-0.4, -0.2) is 45.0 Å². The molecule has 1 heterocycles. The molecule has 1 atom stereocenters. The largest absolute Gasteiger partial charge is 0.356 e. The second-order valence-corrected chi connectivity index (χ2v) is 10.6. The highest BCUT2D eigenvalue weighted by molar-refractivity contribution is 7.91. The summed E-state index contributed by atoms with van der Waals surface area (Å²) in [6, 6.07) is 0.527. The van der Waals surface area contributed by atoms with Gasteiger partial charge in [-0.05, 0) is 43.9 Å². The molecular formula is C19H35N3O2S. The fourth-order valence-corrected chi connectivity index (χ4v) is 6.31. The zero-order valence-electron chi connectivity index (χ0n) is 15.5. The van der Waals surface area contributed by atoms with Gasteiger partial charge in [0.25, 0.3) is 0 Å². The van der Waals surface area contributed by atoms with Gasteiger partial charge in [0.15, 0.2) is 15.8 Å². The van der Waals surface area contributed by atoms with E-state index < -0.39 is 9.84 Å². The Morgan fingerprint density at radius 2 is 1.56 bits per heavy atom. The molecule has 1 aliphatic heterocycles. The van der Waals surface area contributed by atoms with Crippen molar-refractivity contribution in [1.82, 2.24) is 10.6 Å². The molecular weight excluding hydrogens is 334 g/mol. The Morgan fingerprint density at radius 3 is 2.20 bits per heavy atom. The van der Waals surface area contributed by atoms with E-state index in [0.29, 0.717) is 24.1 Å². The van der Waals surface area contributed by atoms with E-state index in [9.17, 15) is 8.42 Å². The molecule has 0 aromatic rings. The van der Waals surface area contributed by atoms with Gasteiger partial charge >= 0.3 is 0 Å². The van der Waals surface area contributed by atoms with Crippen LogP contribution in [0.5, 0.6) is 0 Å². The fraction of sp³-hybridized carbons (Fsp3) is 0.947. The van der Waals surface area contributed by atoms with Gasteiger partial charge in [-0.2, -0.15) is 0 Å². The van der Waals surface area contributed by atoms with E-state index in [1.54, 1.807) is 0 Å². The van der Waals surface area contributed by atoms with E-state index in [-0.39, 0.29) is 5.92 Å². The summed E-state index contributed by atoms with van der Waals surface area (Å²) in [5, 5.41) is 7.20. The monoisotopic (exact) mass is 369 g/mol. The highest BCUT2D eigenvalue weighted by Gasteiger charge is 2.27. The number of hydrogen-bond donors (Lipinski definition) is 2. The van der Waals surface area contributed by atoms with Crippen molar-refractivity contribution < 1.29 is 8.42 Å². The van der Waals surface area contributed by atoms with E-state index in [0.717, 1.165) is 24.8 Å². The number of sulfone groups is 1. The molecule has 0 spiro atoms. The molecule has 3 rings (SSSR count). The smallest absolute Gasteiger partial charge is 0.191 e. The molecule has 144 valence electrons. The second kappa shape index (κ2) is 9.24. The summed E-state index contributed by atoms with van der Waals surface area (Å²) in [7, 11) is -2.81. The summed E-state index contributed by atoms with van der Waals surface area (Å²) in [6.45, 7) is 1.63. The van der Waals surface area contributed by atoms with Crippen molar-refractivity contribution in [2.45, 2.75) is 76.7 Å². The fourth-order valence-electron chi connectivity index (χ4n) is 4.46. The van der Waals surface area contributed by atoms with Crippen LogP contribution < -0.4 is 10.6 Å². The minimum absolute atomic E-state index is 0.199. The third kappa shape index (κ3) is 6.46. The highest BCUT2D eigenvalue weighted by Crippen LogP contribution is 2.23. The Kier molecular flexibility index (Phi) is 7.02. The van der Waals surface area contributed by atoms with E-state index in [1.807, 2.05) is 0 Å². The zero-order valence-corrected chi connectivity index (χ0v) is 16.3. The third-order valence-electron chi connectivity index (χ3n) is 6.06. The van der Waals surface area contributed by atoms with E-state index in [4.69, 9.17) is 4.99 Å². The van der Waals surface area contributed by atoms with Crippen LogP contribution >= 0.6 is 0 Å². The average molecular weight is 370 g/mol. The van der Waals surface area contributed by atoms with Gasteiger partial charge in [-0.25, -0.2) is 8.42 Å². The first-order valence-corrected chi connectivity index (χ1v) is 12.2. The van der Waals surface area contributed by atoms with Gasteiger partial charge in [-0.3, -0.25) is 4.99 Å². The van der Waals surface area contributed by atoms with Gasteiger partial charge in [0, 0.05) is 19.1 Å². The summed E-state index contributed by atoms with van der Waals surface area (Å²) in [5.74, 6) is 2.54. The maximum Gasteiger partial charge on any atom is 0.191 e. The third-order valence-corrected chi connectivity index (χ3v) is 7.90. The van der Waals surface area contributed by atoms with Crippen molar-refractivity contribution >= 4 is 15.8 Å². The molecule has 3 aliphatic rings. The van der Waals surface area contributed by atoms with E-state index >= 15 is 0 Å². The van der Waals surface area contributed by atoms with Crippen molar-refractivity contribution in [2.24, 2.45) is 16.8 Å². The van der Waals surface area contributed by atoms with E-state index in [2.05, 4.69) is 10.6 Å². The molecule has 6 heteroatoms. The number of rotatable bonds is 5. The molecule has 25 heavy (non-hydrogen) atoms. The second-order valence-electron chi connectivity index (χ2n) is 8.32. The quantitative estimate of drug-likeness (QED) is 0.577. The Labute approximate surface area is 153 Å². The summed E-state index contributed by atoms with van der Waals surface area (Å²) in [4.78, 5) is 4.78. The lowest BCUT2D eigenvalue weighted by molar-refractivity contribution is 0.353. The van der Waals surface area contributed by atoms with Crippen LogP contribution in [0.4, 0.5) is 0 Å². The van der Waals surface area contributed by atoms with Crippen LogP contribution in [-0.2, 0) is 9.84 Å². The van der Waals surface area contributed by atoms with E-state index in [1.165, 1.54) is 64.2 Å². The van der Waals surface area contributed by atoms with Crippen LogP contribution in [0.15, 0.2) is 4.99 Å². The van der Waals surface area contributed by atoms with Crippen LogP contribution in [0.3, 0.4) is 0 Å². The van der Waals surface area contributed by atoms with Crippen molar-refractivity contribution in [3.8, 4) is 0 Å². The summed E-state index contributed by atoms with van der Waals surface area (Å²) < 4.78 is 23.3.